The number of hydrogen-bond acceptors (Lipinski definition) is 12. The fourth-order valence-electron chi connectivity index (χ4n) is 8.46. The summed E-state index contributed by atoms with van der Waals surface area (Å²) in [5, 5.41) is 30.8. The molecule has 4 aliphatic rings. The van der Waals surface area contributed by atoms with Crippen LogP contribution in [0.5, 0.6) is 0 Å². The van der Waals surface area contributed by atoms with Gasteiger partial charge in [0.2, 0.25) is 11.8 Å². The third-order valence-electron chi connectivity index (χ3n) is 11.3. The average Bonchev–Trinajstić information content (AvgIpc) is 4.09. The van der Waals surface area contributed by atoms with Crippen molar-refractivity contribution in [2.75, 3.05) is 23.8 Å². The minimum absolute atomic E-state index is 0.113. The molecular weight excluding hydrogens is 741 g/mol. The van der Waals surface area contributed by atoms with E-state index in [1.807, 2.05) is 33.9 Å². The number of aromatic nitrogens is 10. The first-order chi connectivity index (χ1) is 28.4. The summed E-state index contributed by atoms with van der Waals surface area (Å²) in [4.78, 5) is 32.0. The fourth-order valence-corrected chi connectivity index (χ4v) is 8.46. The summed E-state index contributed by atoms with van der Waals surface area (Å²) in [6.45, 7) is 11.1. The molecule has 8 heterocycles. The van der Waals surface area contributed by atoms with Gasteiger partial charge in [0.05, 0.1) is 62.3 Å². The van der Waals surface area contributed by atoms with E-state index < -0.39 is 0 Å². The highest BCUT2D eigenvalue weighted by atomic mass is 16.5. The number of fused-ring (bicyclic) bond motifs is 4. The first kappa shape index (κ1) is 37.2. The molecule has 0 bridgehead atoms. The maximum absolute atomic E-state index is 11.6. The number of nitrogens with one attached hydrogen (secondary N) is 4. The largest absolute Gasteiger partial charge is 0.373 e. The topological polar surface area (TPSA) is 197 Å². The van der Waals surface area contributed by atoms with Gasteiger partial charge in [0.15, 0.2) is 22.9 Å². The molecule has 0 aromatic carbocycles. The van der Waals surface area contributed by atoms with Crippen LogP contribution in [0.2, 0.25) is 0 Å². The maximum Gasteiger partial charge on any atom is 0.243 e. The summed E-state index contributed by atoms with van der Waals surface area (Å²) in [5.41, 5.74) is 7.72. The summed E-state index contributed by atoms with van der Waals surface area (Å²) < 4.78 is 18.5. The molecule has 4 atom stereocenters. The van der Waals surface area contributed by atoms with Crippen molar-refractivity contribution >= 4 is 46.1 Å². The summed E-state index contributed by atoms with van der Waals surface area (Å²) in [6, 6.07) is 8.62. The van der Waals surface area contributed by atoms with Gasteiger partial charge in [0.25, 0.3) is 0 Å². The highest BCUT2D eigenvalue weighted by molar-refractivity contribution is 5.87. The van der Waals surface area contributed by atoms with Crippen LogP contribution in [0.1, 0.15) is 72.9 Å². The highest BCUT2D eigenvalue weighted by Gasteiger charge is 2.29. The third kappa shape index (κ3) is 7.92. The molecule has 2 saturated carbocycles. The van der Waals surface area contributed by atoms with Gasteiger partial charge in [-0.15, -0.1) is 0 Å². The molecule has 10 rings (SSSR count). The molecule has 0 saturated heterocycles. The fraction of sp³-hybridized carbons (Fsp3) is 0.400. The predicted molar refractivity (Wildman–Crippen MR) is 214 cm³/mol. The van der Waals surface area contributed by atoms with Crippen molar-refractivity contribution in [3.63, 3.8) is 0 Å². The van der Waals surface area contributed by atoms with Gasteiger partial charge in [0.1, 0.15) is 12.7 Å². The molecule has 6 aromatic rings. The van der Waals surface area contributed by atoms with E-state index in [-0.39, 0.29) is 23.9 Å². The molecule has 58 heavy (non-hydrogen) atoms. The first-order valence-corrected chi connectivity index (χ1v) is 19.7. The smallest absolute Gasteiger partial charge is 0.243 e. The number of pyridine rings is 2. The Kier molecular flexibility index (Phi) is 10.4. The Morgan fingerprint density at radius 3 is 1.57 bits per heavy atom. The lowest BCUT2D eigenvalue weighted by Gasteiger charge is -2.14. The molecule has 18 heteroatoms. The quantitative estimate of drug-likeness (QED) is 0.144. The number of ether oxygens (including phenoxy) is 2. The van der Waals surface area contributed by atoms with Crippen molar-refractivity contribution in [2.24, 2.45) is 0 Å². The molecule has 300 valence electrons. The zero-order valence-corrected chi connectivity index (χ0v) is 32.1. The van der Waals surface area contributed by atoms with Gasteiger partial charge < -0.3 is 30.7 Å². The molecule has 6 aromatic heterocycles. The van der Waals surface area contributed by atoms with Crippen molar-refractivity contribution in [3.8, 4) is 0 Å². The molecule has 0 unspecified atom stereocenters. The number of hydrogen-bond donors (Lipinski definition) is 4. The van der Waals surface area contributed by atoms with Crippen LogP contribution >= 0.6 is 0 Å². The van der Waals surface area contributed by atoms with Crippen LogP contribution in [0.4, 0.5) is 23.0 Å². The molecule has 0 radical (unpaired) electrons. The number of amides is 2. The van der Waals surface area contributed by atoms with E-state index in [1.165, 1.54) is 23.3 Å². The monoisotopic (exact) mass is 786 g/mol. The lowest BCUT2D eigenvalue weighted by atomic mass is 9.98. The number of carbonyl (C=O) groups is 2. The van der Waals surface area contributed by atoms with Gasteiger partial charge in [-0.3, -0.25) is 19.0 Å². The molecule has 4 N–H and O–H groups in total. The Labute approximate surface area is 333 Å². The van der Waals surface area contributed by atoms with Crippen LogP contribution in [0.25, 0.3) is 11.3 Å². The van der Waals surface area contributed by atoms with E-state index in [2.05, 4.69) is 76.9 Å². The standard InChI is InChI=1S/2C20H23N7O2/c2*1-2-19(28)23-15-4-3-13(7-15)14-8-17(20-21-12-22-27(20)10-14)24-18-9-16-11-29-6-5-26(16)25-18/h2*2,8-10,12-13,15H,1,3-7,11H2,(H,23,28)(H,24,25)/t2*13-,15+/m10/s1. The van der Waals surface area contributed by atoms with Gasteiger partial charge >= 0.3 is 0 Å². The lowest BCUT2D eigenvalue weighted by molar-refractivity contribution is -0.117. The summed E-state index contributed by atoms with van der Waals surface area (Å²) in [6.07, 6.45) is 15.5. The molecule has 2 fully saturated rings. The van der Waals surface area contributed by atoms with Crippen molar-refractivity contribution in [1.29, 1.82) is 0 Å². The van der Waals surface area contributed by atoms with Crippen LogP contribution in [0, 0.1) is 0 Å². The zero-order valence-electron chi connectivity index (χ0n) is 32.1. The van der Waals surface area contributed by atoms with E-state index in [0.717, 1.165) is 97.3 Å². The lowest BCUT2D eigenvalue weighted by Crippen LogP contribution is -2.31. The number of carbonyl (C=O) groups excluding carboxylic acids is 2. The normalized spacial score (nSPS) is 21.1. The second-order valence-corrected chi connectivity index (χ2v) is 15.1. The van der Waals surface area contributed by atoms with Gasteiger partial charge in [0, 0.05) is 36.6 Å². The minimum Gasteiger partial charge on any atom is -0.373 e. The van der Waals surface area contributed by atoms with Gasteiger partial charge in [-0.05, 0) is 85.8 Å². The van der Waals surface area contributed by atoms with Crippen LogP contribution in [0.3, 0.4) is 0 Å². The van der Waals surface area contributed by atoms with E-state index in [9.17, 15) is 9.59 Å². The Morgan fingerprint density at radius 1 is 0.672 bits per heavy atom. The average molecular weight is 787 g/mol. The summed E-state index contributed by atoms with van der Waals surface area (Å²) in [5.74, 6) is 2.02. The van der Waals surface area contributed by atoms with Crippen molar-refractivity contribution in [3.05, 3.63) is 97.1 Å². The van der Waals surface area contributed by atoms with Crippen LogP contribution in [-0.2, 0) is 45.4 Å². The van der Waals surface area contributed by atoms with Gasteiger partial charge in [-0.2, -0.15) is 20.4 Å². The number of rotatable bonds is 10. The highest BCUT2D eigenvalue weighted by Crippen LogP contribution is 2.38. The Morgan fingerprint density at radius 2 is 1.14 bits per heavy atom. The van der Waals surface area contributed by atoms with Crippen LogP contribution in [-0.4, -0.2) is 85.9 Å². The second kappa shape index (κ2) is 16.2. The van der Waals surface area contributed by atoms with Gasteiger partial charge in [-0.1, -0.05) is 13.2 Å². The van der Waals surface area contributed by atoms with E-state index in [0.29, 0.717) is 38.3 Å². The molecule has 0 spiro atoms. The third-order valence-corrected chi connectivity index (χ3v) is 11.3. The molecule has 18 nitrogen and oxygen atoms in total. The Balaban J connectivity index is 0.000000150. The SMILES string of the molecule is C=CC(=O)N[C@@H]1CC[C@H](c2cc(Nc3cc4n(n3)CCOC4)c3ncnn3c2)C1.C=CC(=O)N[C@H]1CC[C@@H](c2cc(Nc3cc4n(n3)CCOC4)c3ncnn3c2)C1. The number of nitrogens with zero attached hydrogens (tertiary/aromatic N) is 10. The zero-order chi connectivity index (χ0) is 39.6. The first-order valence-electron chi connectivity index (χ1n) is 19.7. The Bertz CT molecular complexity index is 2260. The molecule has 2 amide bonds. The van der Waals surface area contributed by atoms with Crippen LogP contribution in [0.15, 0.2) is 74.6 Å². The predicted octanol–water partition coefficient (Wildman–Crippen LogP) is 4.28. The minimum atomic E-state index is -0.113. The van der Waals surface area contributed by atoms with Crippen molar-refractivity contribution in [2.45, 2.75) is 88.7 Å². The Hall–Kier alpha value is -6.40. The van der Waals surface area contributed by atoms with Gasteiger partial charge in [-0.25, -0.2) is 19.0 Å². The molecule has 2 aliphatic heterocycles. The van der Waals surface area contributed by atoms with Crippen molar-refractivity contribution in [1.82, 2.24) is 59.4 Å². The van der Waals surface area contributed by atoms with Crippen LogP contribution < -0.4 is 21.3 Å². The van der Waals surface area contributed by atoms with E-state index in [1.54, 1.807) is 21.7 Å². The second-order valence-electron chi connectivity index (χ2n) is 15.1. The van der Waals surface area contributed by atoms with Crippen molar-refractivity contribution < 1.29 is 19.1 Å². The van der Waals surface area contributed by atoms with E-state index in [4.69, 9.17) is 9.47 Å². The maximum atomic E-state index is 11.6. The van der Waals surface area contributed by atoms with E-state index >= 15 is 0 Å². The molecular formula is C40H46N14O4. The molecule has 2 aliphatic carbocycles. The summed E-state index contributed by atoms with van der Waals surface area (Å²) in [7, 11) is 0. The number of anilines is 4. The summed E-state index contributed by atoms with van der Waals surface area (Å²) >= 11 is 0.